The van der Waals surface area contributed by atoms with Crippen molar-refractivity contribution in [3.05, 3.63) is 82.4 Å². The van der Waals surface area contributed by atoms with Crippen LogP contribution in [-0.2, 0) is 17.1 Å². The number of benzene rings is 2. The van der Waals surface area contributed by atoms with Gasteiger partial charge in [0.05, 0.1) is 6.54 Å². The van der Waals surface area contributed by atoms with Crippen LogP contribution in [0.25, 0.3) is 0 Å². The third-order valence-electron chi connectivity index (χ3n) is 4.53. The van der Waals surface area contributed by atoms with Crippen LogP contribution in [0.4, 0.5) is 0 Å². The SMILES string of the molecule is CCN(Cc1ccccc1)C(=O)CNC(=O)c1ccc(CSc2nc(C)cs2)cc1. The minimum atomic E-state index is -0.242. The number of nitrogens with zero attached hydrogens (tertiary/aromatic N) is 2. The molecule has 0 aliphatic carbocycles. The number of carbonyl (C=O) groups excluding carboxylic acids is 2. The van der Waals surface area contributed by atoms with Crippen LogP contribution in [0.5, 0.6) is 0 Å². The smallest absolute Gasteiger partial charge is 0.251 e. The first kappa shape index (κ1) is 22.1. The van der Waals surface area contributed by atoms with Crippen LogP contribution in [0.1, 0.15) is 34.1 Å². The molecule has 2 aromatic carbocycles. The van der Waals surface area contributed by atoms with Crippen molar-refractivity contribution in [1.82, 2.24) is 15.2 Å². The van der Waals surface area contributed by atoms with E-state index in [0.717, 1.165) is 26.9 Å². The van der Waals surface area contributed by atoms with Crippen molar-refractivity contribution in [3.8, 4) is 0 Å². The van der Waals surface area contributed by atoms with E-state index in [-0.39, 0.29) is 18.4 Å². The van der Waals surface area contributed by atoms with Crippen molar-refractivity contribution in [2.45, 2.75) is 30.5 Å². The van der Waals surface area contributed by atoms with Crippen LogP contribution in [0.15, 0.2) is 64.3 Å². The maximum Gasteiger partial charge on any atom is 0.251 e. The topological polar surface area (TPSA) is 62.3 Å². The van der Waals surface area contributed by atoms with Gasteiger partial charge in [0.1, 0.15) is 4.34 Å². The van der Waals surface area contributed by atoms with Crippen LogP contribution < -0.4 is 5.32 Å². The van der Waals surface area contributed by atoms with Crippen molar-refractivity contribution >= 4 is 34.9 Å². The zero-order valence-electron chi connectivity index (χ0n) is 17.1. The second-order valence-electron chi connectivity index (χ2n) is 6.82. The average Bonchev–Trinajstić information content (AvgIpc) is 3.20. The molecule has 30 heavy (non-hydrogen) atoms. The monoisotopic (exact) mass is 439 g/mol. The van der Waals surface area contributed by atoms with Gasteiger partial charge in [-0.3, -0.25) is 9.59 Å². The Morgan fingerprint density at radius 3 is 2.43 bits per heavy atom. The van der Waals surface area contributed by atoms with Crippen molar-refractivity contribution in [1.29, 1.82) is 0 Å². The highest BCUT2D eigenvalue weighted by Crippen LogP contribution is 2.26. The lowest BCUT2D eigenvalue weighted by Crippen LogP contribution is -2.39. The Kier molecular flexibility index (Phi) is 8.04. The number of hydrogen-bond donors (Lipinski definition) is 1. The van der Waals surface area contributed by atoms with E-state index in [1.54, 1.807) is 40.1 Å². The van der Waals surface area contributed by atoms with E-state index in [0.29, 0.717) is 18.7 Å². The fraction of sp³-hybridized carbons (Fsp3) is 0.261. The average molecular weight is 440 g/mol. The molecule has 156 valence electrons. The van der Waals surface area contributed by atoms with Crippen LogP contribution >= 0.6 is 23.1 Å². The maximum atomic E-state index is 12.5. The summed E-state index contributed by atoms with van der Waals surface area (Å²) in [5, 5.41) is 4.77. The fourth-order valence-corrected chi connectivity index (χ4v) is 4.65. The molecule has 0 atom stereocenters. The summed E-state index contributed by atoms with van der Waals surface area (Å²) >= 11 is 3.33. The van der Waals surface area contributed by atoms with Gasteiger partial charge in [-0.15, -0.1) is 11.3 Å². The second-order valence-corrected chi connectivity index (χ2v) is 8.90. The van der Waals surface area contributed by atoms with E-state index in [2.05, 4.69) is 10.3 Å². The summed E-state index contributed by atoms with van der Waals surface area (Å²) in [6.07, 6.45) is 0. The summed E-state index contributed by atoms with van der Waals surface area (Å²) in [6, 6.07) is 17.3. The lowest BCUT2D eigenvalue weighted by Gasteiger charge is -2.21. The van der Waals surface area contributed by atoms with Gasteiger partial charge in [-0.1, -0.05) is 54.2 Å². The Bertz CT molecular complexity index is 972. The molecule has 0 radical (unpaired) electrons. The van der Waals surface area contributed by atoms with E-state index in [9.17, 15) is 9.59 Å². The molecular weight excluding hydrogens is 414 g/mol. The van der Waals surface area contributed by atoms with E-state index >= 15 is 0 Å². The first-order valence-electron chi connectivity index (χ1n) is 9.79. The van der Waals surface area contributed by atoms with E-state index in [4.69, 9.17) is 0 Å². The molecule has 3 rings (SSSR count). The van der Waals surface area contributed by atoms with Crippen molar-refractivity contribution in [2.75, 3.05) is 13.1 Å². The zero-order valence-corrected chi connectivity index (χ0v) is 18.8. The molecule has 1 heterocycles. The molecule has 0 spiro atoms. The minimum Gasteiger partial charge on any atom is -0.343 e. The summed E-state index contributed by atoms with van der Waals surface area (Å²) in [5.41, 5.74) is 3.78. The number of nitrogens with one attached hydrogen (secondary N) is 1. The molecule has 0 unspecified atom stereocenters. The predicted octanol–water partition coefficient (Wildman–Crippen LogP) is 4.52. The molecule has 7 heteroatoms. The molecule has 0 saturated carbocycles. The predicted molar refractivity (Wildman–Crippen MR) is 123 cm³/mol. The highest BCUT2D eigenvalue weighted by atomic mass is 32.2. The number of thiazole rings is 1. The van der Waals surface area contributed by atoms with Crippen LogP contribution in [-0.4, -0.2) is 34.8 Å². The molecule has 0 bridgehead atoms. The van der Waals surface area contributed by atoms with Gasteiger partial charge in [-0.25, -0.2) is 4.98 Å². The number of aryl methyl sites for hydroxylation is 1. The third kappa shape index (κ3) is 6.43. The number of hydrogen-bond acceptors (Lipinski definition) is 5. The largest absolute Gasteiger partial charge is 0.343 e. The summed E-state index contributed by atoms with van der Waals surface area (Å²) in [4.78, 5) is 31.1. The molecule has 2 amide bonds. The summed E-state index contributed by atoms with van der Waals surface area (Å²) in [7, 11) is 0. The Labute approximate surface area is 185 Å². The lowest BCUT2D eigenvalue weighted by atomic mass is 10.1. The number of carbonyl (C=O) groups is 2. The normalized spacial score (nSPS) is 10.6. The van der Waals surface area contributed by atoms with Gasteiger partial charge in [0.2, 0.25) is 5.91 Å². The maximum absolute atomic E-state index is 12.5. The number of thioether (sulfide) groups is 1. The van der Waals surface area contributed by atoms with Gasteiger partial charge < -0.3 is 10.2 Å². The van der Waals surface area contributed by atoms with Gasteiger partial charge in [0.25, 0.3) is 5.91 Å². The lowest BCUT2D eigenvalue weighted by molar-refractivity contribution is -0.130. The van der Waals surface area contributed by atoms with E-state index < -0.39 is 0 Å². The Hall–Kier alpha value is -2.64. The number of amides is 2. The molecule has 0 aliphatic rings. The van der Waals surface area contributed by atoms with E-state index in [1.165, 1.54) is 0 Å². The van der Waals surface area contributed by atoms with Crippen LogP contribution in [0.2, 0.25) is 0 Å². The molecule has 3 aromatic rings. The molecule has 1 aromatic heterocycles. The van der Waals surface area contributed by atoms with Gasteiger partial charge in [-0.05, 0) is 37.1 Å². The Morgan fingerprint density at radius 2 is 1.80 bits per heavy atom. The van der Waals surface area contributed by atoms with Crippen LogP contribution in [0, 0.1) is 6.92 Å². The van der Waals surface area contributed by atoms with Crippen LogP contribution in [0.3, 0.4) is 0 Å². The highest BCUT2D eigenvalue weighted by Gasteiger charge is 2.14. The first-order chi connectivity index (χ1) is 14.5. The standard InChI is InChI=1S/C23H25N3O2S2/c1-3-26(14-18-7-5-4-6-8-18)21(27)13-24-22(28)20-11-9-19(10-12-20)16-30-23-25-17(2)15-29-23/h4-12,15H,3,13-14,16H2,1-2H3,(H,24,28). The van der Waals surface area contributed by atoms with Crippen molar-refractivity contribution in [2.24, 2.45) is 0 Å². The number of aromatic nitrogens is 1. The molecule has 0 saturated heterocycles. The molecule has 5 nitrogen and oxygen atoms in total. The fourth-order valence-electron chi connectivity index (χ4n) is 2.85. The molecule has 1 N–H and O–H groups in total. The number of rotatable bonds is 9. The number of likely N-dealkylation sites (N-methyl/N-ethyl adjacent to an activating group) is 1. The molecule has 0 fully saturated rings. The molecular formula is C23H25N3O2S2. The first-order valence-corrected chi connectivity index (χ1v) is 11.7. The Balaban J connectivity index is 1.48. The Morgan fingerprint density at radius 1 is 1.07 bits per heavy atom. The summed E-state index contributed by atoms with van der Waals surface area (Å²) in [6.45, 7) is 5.04. The minimum absolute atomic E-state index is 0.0134. The van der Waals surface area contributed by atoms with Gasteiger partial charge in [-0.2, -0.15) is 0 Å². The van der Waals surface area contributed by atoms with Gasteiger partial charge in [0, 0.05) is 35.5 Å². The zero-order chi connectivity index (χ0) is 21.3. The van der Waals surface area contributed by atoms with Gasteiger partial charge >= 0.3 is 0 Å². The summed E-state index contributed by atoms with van der Waals surface area (Å²) < 4.78 is 1.05. The van der Waals surface area contributed by atoms with Crippen molar-refractivity contribution in [3.63, 3.8) is 0 Å². The van der Waals surface area contributed by atoms with Gasteiger partial charge in [0.15, 0.2) is 0 Å². The third-order valence-corrected chi connectivity index (χ3v) is 6.74. The quantitative estimate of drug-likeness (QED) is 0.498. The summed E-state index contributed by atoms with van der Waals surface area (Å²) in [5.74, 6) is 0.466. The second kappa shape index (κ2) is 10.9. The van der Waals surface area contributed by atoms with E-state index in [1.807, 2.05) is 61.7 Å². The molecule has 0 aliphatic heterocycles. The highest BCUT2D eigenvalue weighted by molar-refractivity contribution is 8.00. The van der Waals surface area contributed by atoms with Crippen molar-refractivity contribution < 1.29 is 9.59 Å².